The number of carbonyl (C=O) groups is 1. The van der Waals surface area contributed by atoms with Crippen molar-refractivity contribution in [2.45, 2.75) is 26.4 Å². The number of fused-ring (bicyclic) bond motifs is 1. The van der Waals surface area contributed by atoms with Crippen LogP contribution >= 0.6 is 0 Å². The zero-order chi connectivity index (χ0) is 18.8. The van der Waals surface area contributed by atoms with Crippen LogP contribution in [0.5, 0.6) is 5.75 Å². The molecular weight excluding hydrogens is 348 g/mol. The van der Waals surface area contributed by atoms with E-state index >= 15 is 0 Å². The number of ether oxygens (including phenoxy) is 1. The summed E-state index contributed by atoms with van der Waals surface area (Å²) < 4.78 is 8.81. The minimum Gasteiger partial charge on any atom is -0.497 e. The Bertz CT molecular complexity index is 950. The fraction of sp³-hybridized carbons (Fsp3) is 0.353. The Kier molecular flexibility index (Phi) is 4.45. The summed E-state index contributed by atoms with van der Waals surface area (Å²) in [5.41, 5.74) is 3.31. The normalized spacial score (nSPS) is 13.8. The van der Waals surface area contributed by atoms with Gasteiger partial charge in [0.05, 0.1) is 30.7 Å². The molecule has 0 saturated carbocycles. The summed E-state index contributed by atoms with van der Waals surface area (Å²) in [6, 6.07) is 7.20. The van der Waals surface area contributed by atoms with Crippen LogP contribution in [-0.4, -0.2) is 54.6 Å². The lowest BCUT2D eigenvalue weighted by Gasteiger charge is -2.21. The molecule has 0 radical (unpaired) electrons. The highest BCUT2D eigenvalue weighted by atomic mass is 16.5. The van der Waals surface area contributed by atoms with Crippen molar-refractivity contribution in [2.24, 2.45) is 0 Å². The SMILES string of the molecule is COc1cc(NC(=O)N2CCCn3nc(C)cc3C2)cc(-n2cnnn2)c1. The molecule has 3 heterocycles. The van der Waals surface area contributed by atoms with E-state index < -0.39 is 0 Å². The second-order valence-electron chi connectivity index (χ2n) is 6.38. The lowest BCUT2D eigenvalue weighted by Crippen LogP contribution is -2.34. The first kappa shape index (κ1) is 17.0. The zero-order valence-electron chi connectivity index (χ0n) is 15.2. The molecule has 1 aliphatic rings. The van der Waals surface area contributed by atoms with Crippen molar-refractivity contribution in [2.75, 3.05) is 19.0 Å². The van der Waals surface area contributed by atoms with Gasteiger partial charge in [-0.3, -0.25) is 4.68 Å². The summed E-state index contributed by atoms with van der Waals surface area (Å²) in [7, 11) is 1.57. The number of nitrogens with one attached hydrogen (secondary N) is 1. The van der Waals surface area contributed by atoms with E-state index in [1.807, 2.05) is 17.7 Å². The number of carbonyl (C=O) groups excluding carboxylic acids is 1. The maximum Gasteiger partial charge on any atom is 0.322 e. The van der Waals surface area contributed by atoms with Gasteiger partial charge in [-0.05, 0) is 35.9 Å². The predicted molar refractivity (Wildman–Crippen MR) is 96.7 cm³/mol. The summed E-state index contributed by atoms with van der Waals surface area (Å²) in [6.45, 7) is 3.97. The van der Waals surface area contributed by atoms with E-state index in [1.165, 1.54) is 11.0 Å². The van der Waals surface area contributed by atoms with E-state index in [1.54, 1.807) is 30.2 Å². The molecule has 0 aliphatic carbocycles. The van der Waals surface area contributed by atoms with Crippen LogP contribution in [0.25, 0.3) is 5.69 Å². The first-order valence-corrected chi connectivity index (χ1v) is 8.64. The number of nitrogens with zero attached hydrogens (tertiary/aromatic N) is 7. The minimum atomic E-state index is -0.168. The van der Waals surface area contributed by atoms with Gasteiger partial charge >= 0.3 is 6.03 Å². The van der Waals surface area contributed by atoms with Crippen LogP contribution < -0.4 is 10.1 Å². The molecule has 2 amide bonds. The Morgan fingerprint density at radius 2 is 2.11 bits per heavy atom. The molecule has 2 aromatic heterocycles. The summed E-state index contributed by atoms with van der Waals surface area (Å²) in [5.74, 6) is 0.600. The van der Waals surface area contributed by atoms with E-state index in [0.717, 1.165) is 24.4 Å². The van der Waals surface area contributed by atoms with Crippen molar-refractivity contribution in [3.63, 3.8) is 0 Å². The number of urea groups is 1. The summed E-state index contributed by atoms with van der Waals surface area (Å²) in [6.07, 6.45) is 2.34. The molecule has 0 fully saturated rings. The maximum absolute atomic E-state index is 12.8. The minimum absolute atomic E-state index is 0.168. The van der Waals surface area contributed by atoms with Crippen LogP contribution in [-0.2, 0) is 13.1 Å². The molecule has 140 valence electrons. The van der Waals surface area contributed by atoms with Crippen LogP contribution in [0.2, 0.25) is 0 Å². The molecule has 3 aromatic rings. The number of aryl methyl sites for hydroxylation is 2. The Hall–Kier alpha value is -3.43. The van der Waals surface area contributed by atoms with Crippen LogP contribution in [0.15, 0.2) is 30.6 Å². The molecule has 10 heteroatoms. The van der Waals surface area contributed by atoms with Gasteiger partial charge in [0.15, 0.2) is 0 Å². The van der Waals surface area contributed by atoms with Crippen LogP contribution in [0, 0.1) is 6.92 Å². The molecule has 0 unspecified atom stereocenters. The van der Waals surface area contributed by atoms with Gasteiger partial charge in [-0.15, -0.1) is 5.10 Å². The number of amides is 2. The summed E-state index contributed by atoms with van der Waals surface area (Å²) in [5, 5.41) is 18.6. The quantitative estimate of drug-likeness (QED) is 0.753. The van der Waals surface area contributed by atoms with Crippen LogP contribution in [0.3, 0.4) is 0 Å². The second kappa shape index (κ2) is 7.06. The zero-order valence-corrected chi connectivity index (χ0v) is 15.2. The van der Waals surface area contributed by atoms with E-state index in [0.29, 0.717) is 30.2 Å². The number of rotatable bonds is 3. The fourth-order valence-electron chi connectivity index (χ4n) is 3.17. The molecule has 27 heavy (non-hydrogen) atoms. The molecule has 0 spiro atoms. The molecule has 0 bridgehead atoms. The Morgan fingerprint density at radius 1 is 1.22 bits per heavy atom. The van der Waals surface area contributed by atoms with Gasteiger partial charge in [0.1, 0.15) is 12.1 Å². The number of hydrogen-bond acceptors (Lipinski definition) is 6. The third-order valence-corrected chi connectivity index (χ3v) is 4.42. The topological polar surface area (TPSA) is 103 Å². The van der Waals surface area contributed by atoms with E-state index in [-0.39, 0.29) is 6.03 Å². The van der Waals surface area contributed by atoms with Gasteiger partial charge in [0.2, 0.25) is 0 Å². The highest BCUT2D eigenvalue weighted by Gasteiger charge is 2.20. The Labute approximate surface area is 155 Å². The predicted octanol–water partition coefficient (Wildman–Crippen LogP) is 1.61. The lowest BCUT2D eigenvalue weighted by molar-refractivity contribution is 0.210. The molecule has 0 saturated heterocycles. The number of hydrogen-bond donors (Lipinski definition) is 1. The molecular formula is C17H20N8O2. The molecule has 10 nitrogen and oxygen atoms in total. The monoisotopic (exact) mass is 368 g/mol. The van der Waals surface area contributed by atoms with Crippen molar-refractivity contribution in [3.8, 4) is 11.4 Å². The van der Waals surface area contributed by atoms with Gasteiger partial charge in [-0.25, -0.2) is 9.48 Å². The van der Waals surface area contributed by atoms with Crippen LogP contribution in [0.1, 0.15) is 17.8 Å². The highest BCUT2D eigenvalue weighted by molar-refractivity contribution is 5.90. The van der Waals surface area contributed by atoms with Crippen molar-refractivity contribution in [3.05, 3.63) is 42.0 Å². The highest BCUT2D eigenvalue weighted by Crippen LogP contribution is 2.24. The van der Waals surface area contributed by atoms with E-state index in [9.17, 15) is 4.79 Å². The number of aromatic nitrogens is 6. The number of anilines is 1. The summed E-state index contributed by atoms with van der Waals surface area (Å²) in [4.78, 5) is 14.6. The molecule has 4 rings (SSSR count). The smallest absolute Gasteiger partial charge is 0.322 e. The van der Waals surface area contributed by atoms with Gasteiger partial charge in [-0.2, -0.15) is 5.10 Å². The second-order valence-corrected chi connectivity index (χ2v) is 6.38. The van der Waals surface area contributed by atoms with Gasteiger partial charge in [-0.1, -0.05) is 0 Å². The number of methoxy groups -OCH3 is 1. The number of benzene rings is 1. The van der Waals surface area contributed by atoms with Gasteiger partial charge < -0.3 is 15.0 Å². The van der Waals surface area contributed by atoms with Crippen molar-refractivity contribution < 1.29 is 9.53 Å². The van der Waals surface area contributed by atoms with E-state index in [4.69, 9.17) is 4.74 Å². The van der Waals surface area contributed by atoms with E-state index in [2.05, 4.69) is 25.9 Å². The first-order chi connectivity index (χ1) is 13.1. The maximum atomic E-state index is 12.8. The van der Waals surface area contributed by atoms with Gasteiger partial charge in [0.25, 0.3) is 0 Å². The largest absolute Gasteiger partial charge is 0.497 e. The van der Waals surface area contributed by atoms with Gasteiger partial charge in [0, 0.05) is 30.9 Å². The average Bonchev–Trinajstić information content (AvgIpc) is 3.27. The number of tetrazole rings is 1. The standard InChI is InChI=1S/C17H20N8O2/c1-12-6-15-10-23(4-3-5-24(15)20-12)17(26)19-13-7-14(9-16(8-13)27-2)25-11-18-21-22-25/h6-9,11H,3-5,10H2,1-2H3,(H,19,26). The first-order valence-electron chi connectivity index (χ1n) is 8.64. The molecule has 1 aliphatic heterocycles. The fourth-order valence-corrected chi connectivity index (χ4v) is 3.17. The third-order valence-electron chi connectivity index (χ3n) is 4.42. The third kappa shape index (κ3) is 3.59. The Balaban J connectivity index is 1.55. The molecule has 1 N–H and O–H groups in total. The van der Waals surface area contributed by atoms with Crippen molar-refractivity contribution in [1.82, 2.24) is 34.9 Å². The molecule has 1 aromatic carbocycles. The molecule has 0 atom stereocenters. The summed E-state index contributed by atoms with van der Waals surface area (Å²) >= 11 is 0. The van der Waals surface area contributed by atoms with Crippen LogP contribution in [0.4, 0.5) is 10.5 Å². The lowest BCUT2D eigenvalue weighted by atomic mass is 10.2. The van der Waals surface area contributed by atoms with Crippen molar-refractivity contribution >= 4 is 11.7 Å². The average molecular weight is 368 g/mol. The Morgan fingerprint density at radius 3 is 2.89 bits per heavy atom. The van der Waals surface area contributed by atoms with Crippen molar-refractivity contribution in [1.29, 1.82) is 0 Å².